The second-order valence-corrected chi connectivity index (χ2v) is 8.34. The molecule has 1 aromatic carbocycles. The zero-order chi connectivity index (χ0) is 22.3. The number of benzene rings is 1. The molecular formula is C25H30N4O3. The van der Waals surface area contributed by atoms with Gasteiger partial charge in [-0.1, -0.05) is 12.1 Å². The van der Waals surface area contributed by atoms with E-state index < -0.39 is 5.97 Å². The molecule has 1 aromatic heterocycles. The monoisotopic (exact) mass is 434 g/mol. The maximum absolute atomic E-state index is 11.3. The molecule has 7 nitrogen and oxygen atoms in total. The molecule has 7 heteroatoms. The Morgan fingerprint density at radius 3 is 3.06 bits per heavy atom. The van der Waals surface area contributed by atoms with Crippen LogP contribution in [-0.2, 0) is 24.1 Å². The zero-order valence-electron chi connectivity index (χ0n) is 18.2. The quantitative estimate of drug-likeness (QED) is 0.421. The predicted octanol–water partition coefficient (Wildman–Crippen LogP) is 4.04. The summed E-state index contributed by atoms with van der Waals surface area (Å²) in [5.74, 6) is 1.02. The van der Waals surface area contributed by atoms with E-state index in [0.29, 0.717) is 18.7 Å². The van der Waals surface area contributed by atoms with Crippen molar-refractivity contribution in [3.8, 4) is 5.75 Å². The van der Waals surface area contributed by atoms with Crippen molar-refractivity contribution in [2.75, 3.05) is 18.5 Å². The van der Waals surface area contributed by atoms with Crippen LogP contribution in [0.25, 0.3) is 0 Å². The Balaban J connectivity index is 1.27. The van der Waals surface area contributed by atoms with E-state index in [1.807, 2.05) is 18.2 Å². The average Bonchev–Trinajstić information content (AvgIpc) is 3.26. The van der Waals surface area contributed by atoms with E-state index in [-0.39, 0.29) is 12.5 Å². The number of allylic oxidation sites excluding steroid dienone is 1. The molecule has 3 heterocycles. The van der Waals surface area contributed by atoms with Gasteiger partial charge in [0, 0.05) is 24.4 Å². The number of nitrogens with zero attached hydrogens (tertiary/aromatic N) is 1. The highest BCUT2D eigenvalue weighted by molar-refractivity contribution is 5.92. The van der Waals surface area contributed by atoms with Crippen LogP contribution in [0.5, 0.6) is 5.75 Å². The minimum absolute atomic E-state index is 0.0324. The number of carbonyl (C=O) groups is 1. The number of fused-ring (bicyclic) bond motifs is 2. The third kappa shape index (κ3) is 5.66. The maximum atomic E-state index is 11.3. The molecule has 0 saturated carbocycles. The number of aryl methyl sites for hydroxylation is 2. The molecule has 2 aliphatic heterocycles. The number of hydrogen-bond donors (Lipinski definition) is 4. The van der Waals surface area contributed by atoms with Crippen molar-refractivity contribution < 1.29 is 14.6 Å². The lowest BCUT2D eigenvalue weighted by Crippen LogP contribution is -2.19. The first-order valence-electron chi connectivity index (χ1n) is 11.3. The minimum atomic E-state index is -0.866. The fraction of sp³-hybridized carbons (Fsp3) is 0.400. The van der Waals surface area contributed by atoms with Gasteiger partial charge in [0.15, 0.2) is 0 Å². The van der Waals surface area contributed by atoms with Crippen LogP contribution in [0, 0.1) is 5.41 Å². The zero-order valence-corrected chi connectivity index (χ0v) is 18.2. The molecule has 168 valence electrons. The minimum Gasteiger partial charge on any atom is -0.493 e. The van der Waals surface area contributed by atoms with Gasteiger partial charge in [-0.15, -0.1) is 0 Å². The fourth-order valence-electron chi connectivity index (χ4n) is 4.19. The molecule has 1 unspecified atom stereocenters. The van der Waals surface area contributed by atoms with Crippen molar-refractivity contribution in [2.24, 2.45) is 0 Å². The summed E-state index contributed by atoms with van der Waals surface area (Å²) >= 11 is 0. The third-order valence-electron chi connectivity index (χ3n) is 5.91. The van der Waals surface area contributed by atoms with Crippen molar-refractivity contribution in [1.29, 1.82) is 5.41 Å². The number of nitrogens with one attached hydrogen (secondary N) is 3. The van der Waals surface area contributed by atoms with Gasteiger partial charge in [0.1, 0.15) is 11.6 Å². The Morgan fingerprint density at radius 1 is 1.28 bits per heavy atom. The van der Waals surface area contributed by atoms with Gasteiger partial charge in [0.2, 0.25) is 0 Å². The first-order chi connectivity index (χ1) is 15.6. The molecular weight excluding hydrogens is 404 g/mol. The van der Waals surface area contributed by atoms with E-state index >= 15 is 0 Å². The summed E-state index contributed by atoms with van der Waals surface area (Å²) in [6, 6.07) is 9.73. The van der Waals surface area contributed by atoms with Gasteiger partial charge >= 0.3 is 5.97 Å². The van der Waals surface area contributed by atoms with Crippen LogP contribution in [0.1, 0.15) is 54.1 Å². The molecule has 0 spiro atoms. The number of anilines is 1. The van der Waals surface area contributed by atoms with Crippen molar-refractivity contribution in [3.63, 3.8) is 0 Å². The molecule has 0 fully saturated rings. The van der Waals surface area contributed by atoms with Crippen molar-refractivity contribution in [3.05, 3.63) is 65.0 Å². The number of pyridine rings is 1. The van der Waals surface area contributed by atoms with E-state index in [1.165, 1.54) is 5.56 Å². The van der Waals surface area contributed by atoms with Gasteiger partial charge in [-0.3, -0.25) is 4.79 Å². The molecule has 0 aliphatic carbocycles. The van der Waals surface area contributed by atoms with E-state index in [0.717, 1.165) is 67.0 Å². The lowest BCUT2D eigenvalue weighted by Gasteiger charge is -2.17. The van der Waals surface area contributed by atoms with Crippen LogP contribution in [0.3, 0.4) is 0 Å². The summed E-state index contributed by atoms with van der Waals surface area (Å²) in [5, 5.41) is 24.0. The second-order valence-electron chi connectivity index (χ2n) is 8.34. The molecule has 0 amide bonds. The van der Waals surface area contributed by atoms with E-state index in [4.69, 9.17) is 15.1 Å². The van der Waals surface area contributed by atoms with Gasteiger partial charge in [0.05, 0.1) is 19.1 Å². The third-order valence-corrected chi connectivity index (χ3v) is 5.91. The predicted molar refractivity (Wildman–Crippen MR) is 125 cm³/mol. The molecule has 32 heavy (non-hydrogen) atoms. The number of carboxylic acids is 1. The number of hydrogen-bond acceptors (Lipinski definition) is 6. The highest BCUT2D eigenvalue weighted by Gasteiger charge is 2.18. The summed E-state index contributed by atoms with van der Waals surface area (Å²) in [6.45, 7) is 1.65. The number of aliphatic carboxylic acids is 1. The first-order valence-corrected chi connectivity index (χ1v) is 11.3. The summed E-state index contributed by atoms with van der Waals surface area (Å²) in [7, 11) is 0. The Bertz CT molecular complexity index is 1020. The smallest absolute Gasteiger partial charge is 0.305 e. The van der Waals surface area contributed by atoms with Crippen molar-refractivity contribution >= 4 is 17.5 Å². The Morgan fingerprint density at radius 2 is 2.19 bits per heavy atom. The Hall–Kier alpha value is -3.35. The van der Waals surface area contributed by atoms with Crippen LogP contribution >= 0.6 is 0 Å². The van der Waals surface area contributed by atoms with Crippen molar-refractivity contribution in [2.45, 2.75) is 51.0 Å². The van der Waals surface area contributed by atoms with Crippen molar-refractivity contribution in [1.82, 2.24) is 10.3 Å². The van der Waals surface area contributed by atoms with E-state index in [2.05, 4.69) is 22.8 Å². The summed E-state index contributed by atoms with van der Waals surface area (Å²) in [6.07, 6.45) is 8.78. The average molecular weight is 435 g/mol. The molecule has 0 radical (unpaired) electrons. The molecule has 4 N–H and O–H groups in total. The molecule has 0 bridgehead atoms. The maximum Gasteiger partial charge on any atom is 0.305 e. The number of carboxylic acid groups (broad SMARTS) is 1. The number of aromatic nitrogens is 1. The second kappa shape index (κ2) is 10.3. The SMILES string of the molecule is N=C(/C=C\NC(CC(=O)O)c1ccc2c(c1)CCO2)CCCc1ccc2c(n1)NCCC2. The van der Waals surface area contributed by atoms with Gasteiger partial charge in [-0.2, -0.15) is 0 Å². The number of rotatable bonds is 10. The van der Waals surface area contributed by atoms with Crippen LogP contribution in [0.2, 0.25) is 0 Å². The molecule has 2 aromatic rings. The van der Waals surface area contributed by atoms with Crippen LogP contribution in [0.4, 0.5) is 5.82 Å². The topological polar surface area (TPSA) is 107 Å². The van der Waals surface area contributed by atoms with Crippen LogP contribution in [-0.4, -0.2) is 34.9 Å². The van der Waals surface area contributed by atoms with E-state index in [1.54, 1.807) is 12.3 Å². The normalized spacial score (nSPS) is 15.4. The molecule has 0 saturated heterocycles. The van der Waals surface area contributed by atoms with Crippen LogP contribution < -0.4 is 15.4 Å². The van der Waals surface area contributed by atoms with Gasteiger partial charge < -0.3 is 25.9 Å². The van der Waals surface area contributed by atoms with Gasteiger partial charge in [0.25, 0.3) is 0 Å². The summed E-state index contributed by atoms with van der Waals surface area (Å²) in [5.41, 5.74) is 4.87. The summed E-state index contributed by atoms with van der Waals surface area (Å²) in [4.78, 5) is 16.0. The molecule has 4 rings (SSSR count). The summed E-state index contributed by atoms with van der Waals surface area (Å²) < 4.78 is 5.54. The standard InChI is InChI=1S/C25H30N4O3/c26-20(4-1-5-21-8-6-17-3-2-12-28-25(17)29-21)10-13-27-22(16-24(30)31)18-7-9-23-19(15-18)11-14-32-23/h6-10,13,15,22,26-27H,1-5,11-12,14,16H2,(H,28,29)(H,30,31)/b13-10-,26-20?. The van der Waals surface area contributed by atoms with E-state index in [9.17, 15) is 9.90 Å². The lowest BCUT2D eigenvalue weighted by molar-refractivity contribution is -0.137. The Kier molecular flexibility index (Phi) is 7.04. The highest BCUT2D eigenvalue weighted by Crippen LogP contribution is 2.29. The van der Waals surface area contributed by atoms with Gasteiger partial charge in [-0.25, -0.2) is 4.98 Å². The molecule has 2 aliphatic rings. The van der Waals surface area contributed by atoms with Gasteiger partial charge in [-0.05, 0) is 79.3 Å². The lowest BCUT2D eigenvalue weighted by atomic mass is 10.00. The number of ether oxygens (including phenoxy) is 1. The highest BCUT2D eigenvalue weighted by atomic mass is 16.5. The first kappa shape index (κ1) is 21.9. The van der Waals surface area contributed by atoms with Crippen LogP contribution in [0.15, 0.2) is 42.6 Å². The fourth-order valence-corrected chi connectivity index (χ4v) is 4.19. The molecule has 1 atom stereocenters. The largest absolute Gasteiger partial charge is 0.493 e. The Labute approximate surface area is 188 Å².